The highest BCUT2D eigenvalue weighted by molar-refractivity contribution is 5.70. The van der Waals surface area contributed by atoms with Gasteiger partial charge in [0.15, 0.2) is 0 Å². The van der Waals surface area contributed by atoms with Gasteiger partial charge in [0.05, 0.1) is 5.60 Å². The second kappa shape index (κ2) is 4.74. The lowest BCUT2D eigenvalue weighted by atomic mass is 9.87. The molecule has 0 aliphatic heterocycles. The van der Waals surface area contributed by atoms with Crippen LogP contribution in [0.2, 0.25) is 0 Å². The first-order chi connectivity index (χ1) is 8.77. The minimum Gasteiger partial charge on any atom is -0.399 e. The molecule has 2 nitrogen and oxygen atoms in total. The van der Waals surface area contributed by atoms with Gasteiger partial charge in [0, 0.05) is 12.1 Å². The zero-order valence-corrected chi connectivity index (χ0v) is 10.4. The maximum Gasteiger partial charge on any atom is 0.523 e. The molecular formula is C14H14F3NO. The number of halogens is 3. The van der Waals surface area contributed by atoms with E-state index in [4.69, 9.17) is 5.73 Å². The van der Waals surface area contributed by atoms with Crippen LogP contribution in [-0.2, 0) is 4.74 Å². The Bertz CT molecular complexity index is 516. The molecule has 1 aromatic rings. The van der Waals surface area contributed by atoms with Gasteiger partial charge in [-0.1, -0.05) is 30.4 Å². The molecule has 1 aliphatic rings. The molecule has 1 aliphatic carbocycles. The van der Waals surface area contributed by atoms with Crippen LogP contribution in [0.5, 0.6) is 0 Å². The molecule has 0 spiro atoms. The van der Waals surface area contributed by atoms with Gasteiger partial charge in [0.25, 0.3) is 0 Å². The second-order valence-corrected chi connectivity index (χ2v) is 4.71. The van der Waals surface area contributed by atoms with E-state index in [0.29, 0.717) is 5.69 Å². The molecule has 0 saturated heterocycles. The average molecular weight is 269 g/mol. The van der Waals surface area contributed by atoms with Crippen LogP contribution in [0.4, 0.5) is 18.9 Å². The summed E-state index contributed by atoms with van der Waals surface area (Å²) in [5, 5.41) is 0. The van der Waals surface area contributed by atoms with Crippen molar-refractivity contribution in [3.63, 3.8) is 0 Å². The van der Waals surface area contributed by atoms with Gasteiger partial charge >= 0.3 is 6.36 Å². The van der Waals surface area contributed by atoms with E-state index in [-0.39, 0.29) is 6.42 Å². The molecule has 0 amide bonds. The molecule has 0 heterocycles. The molecule has 0 bridgehead atoms. The van der Waals surface area contributed by atoms with Crippen LogP contribution in [0.3, 0.4) is 0 Å². The first-order valence-electron chi connectivity index (χ1n) is 5.79. The van der Waals surface area contributed by atoms with Gasteiger partial charge in [-0.25, -0.2) is 0 Å². The third-order valence-electron chi connectivity index (χ3n) is 2.92. The van der Waals surface area contributed by atoms with Gasteiger partial charge < -0.3 is 5.73 Å². The molecule has 0 radical (unpaired) electrons. The topological polar surface area (TPSA) is 35.2 Å². The van der Waals surface area contributed by atoms with Crippen LogP contribution in [0.25, 0.3) is 5.57 Å². The van der Waals surface area contributed by atoms with Crippen molar-refractivity contribution < 1.29 is 17.9 Å². The van der Waals surface area contributed by atoms with Crippen molar-refractivity contribution >= 4 is 11.3 Å². The highest BCUT2D eigenvalue weighted by atomic mass is 19.4. The summed E-state index contributed by atoms with van der Waals surface area (Å²) in [6, 6.07) is 7.01. The summed E-state index contributed by atoms with van der Waals surface area (Å²) in [4.78, 5) is 0. The summed E-state index contributed by atoms with van der Waals surface area (Å²) >= 11 is 0. The number of hydrogen-bond donors (Lipinski definition) is 1. The van der Waals surface area contributed by atoms with Crippen molar-refractivity contribution in [1.82, 2.24) is 0 Å². The number of nitrogens with two attached hydrogens (primary N) is 1. The molecule has 2 N–H and O–H groups in total. The van der Waals surface area contributed by atoms with E-state index in [1.807, 2.05) is 0 Å². The summed E-state index contributed by atoms with van der Waals surface area (Å²) in [7, 11) is 0. The Balaban J connectivity index is 2.20. The Kier molecular flexibility index (Phi) is 3.41. The molecule has 0 aromatic heterocycles. The Morgan fingerprint density at radius 3 is 2.42 bits per heavy atom. The van der Waals surface area contributed by atoms with Crippen molar-refractivity contribution in [3.8, 4) is 0 Å². The van der Waals surface area contributed by atoms with E-state index in [0.717, 1.165) is 11.1 Å². The zero-order valence-electron chi connectivity index (χ0n) is 10.4. The van der Waals surface area contributed by atoms with Crippen molar-refractivity contribution in [1.29, 1.82) is 0 Å². The third kappa shape index (κ3) is 3.61. The number of nitrogen functional groups attached to an aromatic ring is 1. The highest BCUT2D eigenvalue weighted by Gasteiger charge is 2.40. The maximum absolute atomic E-state index is 12.4. The predicted molar refractivity (Wildman–Crippen MR) is 68.1 cm³/mol. The SMILES string of the molecule is CC1(OC(F)(F)F)C=CC=C(c2ccc(N)cc2)C1. The van der Waals surface area contributed by atoms with E-state index < -0.39 is 12.0 Å². The van der Waals surface area contributed by atoms with Crippen LogP contribution in [-0.4, -0.2) is 12.0 Å². The Morgan fingerprint density at radius 2 is 1.84 bits per heavy atom. The zero-order chi connectivity index (χ0) is 14.1. The molecule has 102 valence electrons. The van der Waals surface area contributed by atoms with Crippen molar-refractivity contribution in [3.05, 3.63) is 48.1 Å². The summed E-state index contributed by atoms with van der Waals surface area (Å²) in [6.45, 7) is 1.42. The Morgan fingerprint density at radius 1 is 1.21 bits per heavy atom. The average Bonchev–Trinajstić information content (AvgIpc) is 2.26. The van der Waals surface area contributed by atoms with Crippen LogP contribution < -0.4 is 5.73 Å². The number of rotatable bonds is 2. The number of ether oxygens (including phenoxy) is 1. The standard InChI is InChI=1S/C14H14F3NO/c1-13(19-14(15,16)17)8-2-3-11(9-13)10-4-6-12(18)7-5-10/h2-8H,9,18H2,1H3. The smallest absolute Gasteiger partial charge is 0.399 e. The minimum atomic E-state index is -4.65. The summed E-state index contributed by atoms with van der Waals surface area (Å²) in [6.07, 6.45) is 0.296. The molecule has 0 fully saturated rings. The van der Waals surface area contributed by atoms with Gasteiger partial charge in [-0.15, -0.1) is 13.2 Å². The Hall–Kier alpha value is -1.75. The number of anilines is 1. The molecule has 1 aromatic carbocycles. The third-order valence-corrected chi connectivity index (χ3v) is 2.92. The fourth-order valence-electron chi connectivity index (χ4n) is 2.09. The normalized spacial score (nSPS) is 23.3. The van der Waals surface area contributed by atoms with Crippen LogP contribution >= 0.6 is 0 Å². The van der Waals surface area contributed by atoms with Crippen molar-refractivity contribution in [2.24, 2.45) is 0 Å². The van der Waals surface area contributed by atoms with Crippen LogP contribution in [0.15, 0.2) is 42.5 Å². The molecule has 19 heavy (non-hydrogen) atoms. The monoisotopic (exact) mass is 269 g/mol. The first-order valence-corrected chi connectivity index (χ1v) is 5.79. The van der Waals surface area contributed by atoms with Crippen molar-refractivity contribution in [2.75, 3.05) is 5.73 Å². The van der Waals surface area contributed by atoms with E-state index in [2.05, 4.69) is 4.74 Å². The molecule has 0 saturated carbocycles. The summed E-state index contributed by atoms with van der Waals surface area (Å²) < 4.78 is 41.3. The number of allylic oxidation sites excluding steroid dienone is 2. The fourth-order valence-corrected chi connectivity index (χ4v) is 2.09. The number of hydrogen-bond acceptors (Lipinski definition) is 2. The quantitative estimate of drug-likeness (QED) is 0.826. The van der Waals surface area contributed by atoms with Gasteiger partial charge in [-0.2, -0.15) is 0 Å². The lowest BCUT2D eigenvalue weighted by molar-refractivity contribution is -0.354. The number of alkyl halides is 3. The lowest BCUT2D eigenvalue weighted by Crippen LogP contribution is -2.34. The van der Waals surface area contributed by atoms with Crippen molar-refractivity contribution in [2.45, 2.75) is 25.3 Å². The molecule has 5 heteroatoms. The minimum absolute atomic E-state index is 0.160. The summed E-state index contributed by atoms with van der Waals surface area (Å²) in [5.41, 5.74) is 6.46. The van der Waals surface area contributed by atoms with Crippen LogP contribution in [0.1, 0.15) is 18.9 Å². The van der Waals surface area contributed by atoms with E-state index >= 15 is 0 Å². The maximum atomic E-state index is 12.4. The predicted octanol–water partition coefficient (Wildman–Crippen LogP) is 3.91. The van der Waals surface area contributed by atoms with Gasteiger partial charge in [-0.3, -0.25) is 4.74 Å². The molecular weight excluding hydrogens is 255 g/mol. The van der Waals surface area contributed by atoms with Crippen LogP contribution in [0, 0.1) is 0 Å². The fraction of sp³-hybridized carbons (Fsp3) is 0.286. The first kappa shape index (κ1) is 13.7. The molecule has 1 unspecified atom stereocenters. The number of benzene rings is 1. The Labute approximate surface area is 109 Å². The highest BCUT2D eigenvalue weighted by Crippen LogP contribution is 2.36. The summed E-state index contributed by atoms with van der Waals surface area (Å²) in [5.74, 6) is 0. The largest absolute Gasteiger partial charge is 0.523 e. The second-order valence-electron chi connectivity index (χ2n) is 4.71. The lowest BCUT2D eigenvalue weighted by Gasteiger charge is -2.30. The van der Waals surface area contributed by atoms with E-state index in [1.54, 1.807) is 36.4 Å². The van der Waals surface area contributed by atoms with E-state index in [9.17, 15) is 13.2 Å². The van der Waals surface area contributed by atoms with Gasteiger partial charge in [0.2, 0.25) is 0 Å². The van der Waals surface area contributed by atoms with Gasteiger partial charge in [0.1, 0.15) is 0 Å². The van der Waals surface area contributed by atoms with E-state index in [1.165, 1.54) is 13.0 Å². The molecule has 2 rings (SSSR count). The van der Waals surface area contributed by atoms with Gasteiger partial charge in [-0.05, 0) is 30.2 Å². The molecule has 1 atom stereocenters.